The molecule has 0 atom stereocenters. The molecule has 0 radical (unpaired) electrons. The number of rotatable bonds is 6. The summed E-state index contributed by atoms with van der Waals surface area (Å²) in [7, 11) is 0. The van der Waals surface area contributed by atoms with Gasteiger partial charge in [-0.3, -0.25) is 4.79 Å². The Morgan fingerprint density at radius 2 is 2.07 bits per heavy atom. The molecule has 84 valence electrons. The molecule has 0 aliphatic rings. The minimum absolute atomic E-state index is 0.187. The average molecular weight is 230 g/mol. The van der Waals surface area contributed by atoms with E-state index in [0.29, 0.717) is 6.61 Å². The van der Waals surface area contributed by atoms with Gasteiger partial charge < -0.3 is 4.74 Å². The first-order valence-electron chi connectivity index (χ1n) is 4.32. The number of esters is 1. The first kappa shape index (κ1) is 13.6. The molecule has 0 aromatic heterocycles. The van der Waals surface area contributed by atoms with Crippen molar-refractivity contribution in [2.75, 3.05) is 12.4 Å². The predicted octanol–water partition coefficient (Wildman–Crippen LogP) is 2.97. The van der Waals surface area contributed by atoms with Crippen LogP contribution >= 0.6 is 11.8 Å². The molecule has 0 bridgehead atoms. The fourth-order valence-corrected chi connectivity index (χ4v) is 1.15. The maximum atomic E-state index is 11.6. The third-order valence-corrected chi connectivity index (χ3v) is 2.07. The van der Waals surface area contributed by atoms with Gasteiger partial charge in [-0.15, -0.1) is 0 Å². The number of unbranched alkanes of at least 4 members (excludes halogenated alkanes) is 1. The molecule has 0 heterocycles. The van der Waals surface area contributed by atoms with Crippen molar-refractivity contribution in [3.8, 4) is 0 Å². The van der Waals surface area contributed by atoms with Gasteiger partial charge >= 0.3 is 11.5 Å². The highest BCUT2D eigenvalue weighted by atomic mass is 32.2. The highest BCUT2D eigenvalue weighted by molar-refractivity contribution is 8.00. The number of thioether (sulfide) groups is 1. The van der Waals surface area contributed by atoms with Gasteiger partial charge in [0.2, 0.25) is 0 Å². The second kappa shape index (κ2) is 6.98. The van der Waals surface area contributed by atoms with E-state index in [1.165, 1.54) is 0 Å². The summed E-state index contributed by atoms with van der Waals surface area (Å²) >= 11 is -0.200. The van der Waals surface area contributed by atoms with Gasteiger partial charge in [0.25, 0.3) is 0 Å². The van der Waals surface area contributed by atoms with Gasteiger partial charge in [-0.2, -0.15) is 13.2 Å². The second-order valence-electron chi connectivity index (χ2n) is 2.62. The zero-order valence-corrected chi connectivity index (χ0v) is 8.71. The largest absolute Gasteiger partial charge is 0.466 e. The monoisotopic (exact) mass is 230 g/mol. The van der Waals surface area contributed by atoms with Gasteiger partial charge in [0.15, 0.2) is 0 Å². The molecular formula is C8H13F3O2S. The van der Waals surface area contributed by atoms with Crippen LogP contribution in [-0.4, -0.2) is 23.8 Å². The first-order chi connectivity index (χ1) is 6.45. The zero-order chi connectivity index (χ0) is 11.0. The molecule has 0 N–H and O–H groups in total. The molecule has 0 aliphatic heterocycles. The van der Waals surface area contributed by atoms with Gasteiger partial charge in [-0.25, -0.2) is 0 Å². The molecule has 14 heavy (non-hydrogen) atoms. The normalized spacial score (nSPS) is 11.4. The number of halogens is 3. The van der Waals surface area contributed by atoms with Gasteiger partial charge in [0.1, 0.15) is 0 Å². The summed E-state index contributed by atoms with van der Waals surface area (Å²) in [5.41, 5.74) is -4.26. The van der Waals surface area contributed by atoms with E-state index >= 15 is 0 Å². The van der Waals surface area contributed by atoms with Crippen molar-refractivity contribution in [2.24, 2.45) is 0 Å². The maximum Gasteiger partial charge on any atom is 0.441 e. The van der Waals surface area contributed by atoms with E-state index in [2.05, 4.69) is 4.74 Å². The van der Waals surface area contributed by atoms with E-state index in [1.54, 1.807) is 0 Å². The van der Waals surface area contributed by atoms with Crippen LogP contribution in [0.3, 0.4) is 0 Å². The Bertz CT molecular complexity index is 170. The lowest BCUT2D eigenvalue weighted by Crippen LogP contribution is -2.09. The SMILES string of the molecule is CCCCOC(=O)CCSC(F)(F)F. The van der Waals surface area contributed by atoms with Gasteiger partial charge in [0, 0.05) is 5.75 Å². The summed E-state index contributed by atoms with van der Waals surface area (Å²) in [6, 6.07) is 0. The van der Waals surface area contributed by atoms with Crippen LogP contribution < -0.4 is 0 Å². The number of carbonyl (C=O) groups is 1. The summed E-state index contributed by atoms with van der Waals surface area (Å²) in [5.74, 6) is -0.829. The van der Waals surface area contributed by atoms with E-state index in [4.69, 9.17) is 0 Å². The summed E-state index contributed by atoms with van der Waals surface area (Å²) in [6.45, 7) is 2.24. The summed E-state index contributed by atoms with van der Waals surface area (Å²) in [6.07, 6.45) is 1.45. The number of hydrogen-bond acceptors (Lipinski definition) is 3. The summed E-state index contributed by atoms with van der Waals surface area (Å²) in [4.78, 5) is 10.8. The average Bonchev–Trinajstić information content (AvgIpc) is 2.02. The van der Waals surface area contributed by atoms with E-state index < -0.39 is 11.5 Å². The Morgan fingerprint density at radius 1 is 1.43 bits per heavy atom. The molecule has 0 spiro atoms. The van der Waals surface area contributed by atoms with E-state index in [9.17, 15) is 18.0 Å². The highest BCUT2D eigenvalue weighted by Gasteiger charge is 2.27. The Balaban J connectivity index is 3.36. The molecule has 0 aromatic carbocycles. The minimum Gasteiger partial charge on any atom is -0.466 e. The van der Waals surface area contributed by atoms with Crippen LogP contribution in [-0.2, 0) is 9.53 Å². The molecule has 0 fully saturated rings. The van der Waals surface area contributed by atoms with Gasteiger partial charge in [-0.05, 0) is 6.42 Å². The lowest BCUT2D eigenvalue weighted by Gasteiger charge is -2.05. The fraction of sp³-hybridized carbons (Fsp3) is 0.875. The minimum atomic E-state index is -4.26. The van der Waals surface area contributed by atoms with E-state index in [1.807, 2.05) is 6.92 Å². The third kappa shape index (κ3) is 9.70. The van der Waals surface area contributed by atoms with Crippen LogP contribution in [0.2, 0.25) is 0 Å². The number of alkyl halides is 3. The standard InChI is InChI=1S/C8H13F3O2S/c1-2-3-5-13-7(12)4-6-14-8(9,10)11/h2-6H2,1H3. The molecule has 2 nitrogen and oxygen atoms in total. The molecule has 0 aliphatic carbocycles. The second-order valence-corrected chi connectivity index (χ2v) is 3.78. The maximum absolute atomic E-state index is 11.6. The van der Waals surface area contributed by atoms with Crippen molar-refractivity contribution < 1.29 is 22.7 Å². The van der Waals surface area contributed by atoms with E-state index in [-0.39, 0.29) is 23.9 Å². The molecule has 0 rings (SSSR count). The van der Waals surface area contributed by atoms with Crippen molar-refractivity contribution in [3.63, 3.8) is 0 Å². The van der Waals surface area contributed by atoms with Crippen LogP contribution in [0.1, 0.15) is 26.2 Å². The summed E-state index contributed by atoms with van der Waals surface area (Å²) < 4.78 is 39.5. The Labute approximate surface area is 85.2 Å². The number of carbonyl (C=O) groups excluding carboxylic acids is 1. The Morgan fingerprint density at radius 3 is 2.57 bits per heavy atom. The molecule has 0 saturated carbocycles. The molecular weight excluding hydrogens is 217 g/mol. The molecule has 0 amide bonds. The smallest absolute Gasteiger partial charge is 0.441 e. The van der Waals surface area contributed by atoms with Crippen molar-refractivity contribution in [1.29, 1.82) is 0 Å². The van der Waals surface area contributed by atoms with E-state index in [0.717, 1.165) is 12.8 Å². The predicted molar refractivity (Wildman–Crippen MR) is 49.0 cm³/mol. The van der Waals surface area contributed by atoms with Crippen LogP contribution in [0.25, 0.3) is 0 Å². The first-order valence-corrected chi connectivity index (χ1v) is 5.30. The topological polar surface area (TPSA) is 26.3 Å². The molecule has 0 unspecified atom stereocenters. The van der Waals surface area contributed by atoms with Crippen molar-refractivity contribution in [2.45, 2.75) is 31.7 Å². The Hall–Kier alpha value is -0.390. The zero-order valence-electron chi connectivity index (χ0n) is 7.89. The molecule has 0 saturated heterocycles. The number of ether oxygens (including phenoxy) is 1. The van der Waals surface area contributed by atoms with Crippen molar-refractivity contribution in [1.82, 2.24) is 0 Å². The highest BCUT2D eigenvalue weighted by Crippen LogP contribution is 2.30. The fourth-order valence-electron chi connectivity index (χ4n) is 0.653. The summed E-state index contributed by atoms with van der Waals surface area (Å²) in [5, 5.41) is 0. The number of hydrogen-bond donors (Lipinski definition) is 0. The van der Waals surface area contributed by atoms with Crippen molar-refractivity contribution >= 4 is 17.7 Å². The lowest BCUT2D eigenvalue weighted by atomic mass is 10.4. The van der Waals surface area contributed by atoms with Crippen molar-refractivity contribution in [3.05, 3.63) is 0 Å². The third-order valence-electron chi connectivity index (χ3n) is 1.33. The van der Waals surface area contributed by atoms with Crippen LogP contribution in [0.15, 0.2) is 0 Å². The lowest BCUT2D eigenvalue weighted by molar-refractivity contribution is -0.143. The Kier molecular flexibility index (Phi) is 6.78. The molecule has 0 aromatic rings. The van der Waals surface area contributed by atoms with Crippen LogP contribution in [0.5, 0.6) is 0 Å². The van der Waals surface area contributed by atoms with Gasteiger partial charge in [-0.1, -0.05) is 25.1 Å². The van der Waals surface area contributed by atoms with Crippen LogP contribution in [0, 0.1) is 0 Å². The molecule has 6 heteroatoms. The van der Waals surface area contributed by atoms with Gasteiger partial charge in [0.05, 0.1) is 13.0 Å². The van der Waals surface area contributed by atoms with Crippen LogP contribution in [0.4, 0.5) is 13.2 Å². The quantitative estimate of drug-likeness (QED) is 0.518.